The number of benzene rings is 1. The van der Waals surface area contributed by atoms with Gasteiger partial charge in [0.2, 0.25) is 0 Å². The Labute approximate surface area is 157 Å². The van der Waals surface area contributed by atoms with Gasteiger partial charge in [0.05, 0.1) is 4.88 Å². The Balaban J connectivity index is 1.57. The summed E-state index contributed by atoms with van der Waals surface area (Å²) in [6, 6.07) is 9.27. The molecule has 1 N–H and O–H groups in total. The molecule has 2 amide bonds. The van der Waals surface area contributed by atoms with Crippen molar-refractivity contribution in [3.8, 4) is 5.75 Å². The lowest BCUT2D eigenvalue weighted by molar-refractivity contribution is -0.138. The maximum absolute atomic E-state index is 12.8. The molecule has 1 aliphatic carbocycles. The van der Waals surface area contributed by atoms with Crippen LogP contribution < -0.4 is 10.1 Å². The van der Waals surface area contributed by atoms with Gasteiger partial charge in [-0.15, -0.1) is 11.3 Å². The lowest BCUT2D eigenvalue weighted by atomic mass is 10.1. The molecule has 1 aliphatic heterocycles. The van der Waals surface area contributed by atoms with E-state index in [0.717, 1.165) is 23.5 Å². The third-order valence-electron chi connectivity index (χ3n) is 4.83. The van der Waals surface area contributed by atoms with Gasteiger partial charge in [0.15, 0.2) is 6.10 Å². The number of nitrogens with one attached hydrogen (secondary N) is 1. The number of hydrogen-bond acceptors (Lipinski definition) is 4. The van der Waals surface area contributed by atoms with Crippen molar-refractivity contribution in [1.82, 2.24) is 4.90 Å². The number of amides is 2. The molecule has 4 rings (SSSR count). The van der Waals surface area contributed by atoms with Crippen molar-refractivity contribution in [2.24, 2.45) is 5.92 Å². The van der Waals surface area contributed by atoms with Crippen LogP contribution in [0.25, 0.3) is 0 Å². The Morgan fingerprint density at radius 2 is 2.19 bits per heavy atom. The van der Waals surface area contributed by atoms with Gasteiger partial charge in [-0.2, -0.15) is 0 Å². The van der Waals surface area contributed by atoms with E-state index in [2.05, 4.69) is 5.32 Å². The number of carbonyl (C=O) groups excluding carboxylic acids is 2. The average Bonchev–Trinajstić information content (AvgIpc) is 3.31. The van der Waals surface area contributed by atoms with Crippen molar-refractivity contribution in [1.29, 1.82) is 0 Å². The first kappa shape index (κ1) is 17.1. The Kier molecular flexibility index (Phi) is 4.68. The predicted octanol–water partition coefficient (Wildman–Crippen LogP) is 3.91. The summed E-state index contributed by atoms with van der Waals surface area (Å²) >= 11 is 1.41. The Morgan fingerprint density at radius 1 is 1.35 bits per heavy atom. The second-order valence-corrected chi connectivity index (χ2v) is 7.88. The highest BCUT2D eigenvalue weighted by Gasteiger charge is 2.33. The van der Waals surface area contributed by atoms with Crippen molar-refractivity contribution in [3.05, 3.63) is 46.2 Å². The fourth-order valence-corrected chi connectivity index (χ4v) is 3.83. The van der Waals surface area contributed by atoms with E-state index in [-0.39, 0.29) is 11.8 Å². The van der Waals surface area contributed by atoms with Gasteiger partial charge in [-0.1, -0.05) is 13.0 Å². The van der Waals surface area contributed by atoms with Gasteiger partial charge < -0.3 is 15.0 Å². The number of thiophene rings is 1. The second kappa shape index (κ2) is 7.11. The summed E-state index contributed by atoms with van der Waals surface area (Å²) in [5.41, 5.74) is 1.67. The highest BCUT2D eigenvalue weighted by Crippen LogP contribution is 2.34. The molecule has 6 heteroatoms. The molecule has 2 heterocycles. The van der Waals surface area contributed by atoms with Crippen LogP contribution in [-0.2, 0) is 11.3 Å². The molecule has 1 aromatic heterocycles. The number of fused-ring (bicyclic) bond motifs is 1. The van der Waals surface area contributed by atoms with Crippen molar-refractivity contribution < 1.29 is 14.3 Å². The van der Waals surface area contributed by atoms with Crippen molar-refractivity contribution in [2.75, 3.05) is 11.9 Å². The van der Waals surface area contributed by atoms with Crippen LogP contribution in [0.4, 0.5) is 5.69 Å². The minimum Gasteiger partial charge on any atom is -0.480 e. The first-order chi connectivity index (χ1) is 12.6. The van der Waals surface area contributed by atoms with Gasteiger partial charge in [0, 0.05) is 24.3 Å². The molecule has 1 saturated carbocycles. The van der Waals surface area contributed by atoms with E-state index in [9.17, 15) is 9.59 Å². The Morgan fingerprint density at radius 3 is 2.88 bits per heavy atom. The SMILES string of the molecule is CCC1Oc2ccc(NC(=O)c3cccs3)cc2CN(CC2CC2)C1=O. The molecular formula is C20H22N2O3S. The minimum absolute atomic E-state index is 0.0692. The van der Waals surface area contributed by atoms with Crippen molar-refractivity contribution in [2.45, 2.75) is 38.8 Å². The molecule has 0 spiro atoms. The molecular weight excluding hydrogens is 348 g/mol. The molecule has 136 valence electrons. The highest BCUT2D eigenvalue weighted by atomic mass is 32.1. The molecule has 0 radical (unpaired) electrons. The first-order valence-electron chi connectivity index (χ1n) is 9.07. The number of hydrogen-bond donors (Lipinski definition) is 1. The number of ether oxygens (including phenoxy) is 1. The van der Waals surface area contributed by atoms with E-state index >= 15 is 0 Å². The molecule has 5 nitrogen and oxygen atoms in total. The molecule has 2 aliphatic rings. The lowest BCUT2D eigenvalue weighted by Crippen LogP contribution is -2.40. The summed E-state index contributed by atoms with van der Waals surface area (Å²) in [6.07, 6.45) is 2.62. The van der Waals surface area contributed by atoms with Gasteiger partial charge in [-0.05, 0) is 54.8 Å². The molecule has 2 aromatic rings. The molecule has 0 saturated heterocycles. The normalized spacial score (nSPS) is 19.5. The third kappa shape index (κ3) is 3.60. The smallest absolute Gasteiger partial charge is 0.265 e. The van der Waals surface area contributed by atoms with Crippen molar-refractivity contribution >= 4 is 28.8 Å². The van der Waals surface area contributed by atoms with Crippen LogP contribution in [0.15, 0.2) is 35.7 Å². The Hall–Kier alpha value is -2.34. The van der Waals surface area contributed by atoms with E-state index in [1.54, 1.807) is 6.07 Å². The standard InChI is InChI=1S/C20H22N2O3S/c1-2-16-20(24)22(11-13-5-6-13)12-14-10-15(7-8-17(14)25-16)21-19(23)18-4-3-9-26-18/h3-4,7-10,13,16H,2,5-6,11-12H2,1H3,(H,21,23). The largest absolute Gasteiger partial charge is 0.480 e. The quantitative estimate of drug-likeness (QED) is 0.868. The molecule has 1 unspecified atom stereocenters. The number of anilines is 1. The second-order valence-electron chi connectivity index (χ2n) is 6.93. The molecule has 0 bridgehead atoms. The van der Waals surface area contributed by atoms with E-state index in [1.165, 1.54) is 24.2 Å². The van der Waals surface area contributed by atoms with Crippen LogP contribution in [-0.4, -0.2) is 29.4 Å². The van der Waals surface area contributed by atoms with Gasteiger partial charge >= 0.3 is 0 Å². The summed E-state index contributed by atoms with van der Waals surface area (Å²) in [5, 5.41) is 4.81. The summed E-state index contributed by atoms with van der Waals surface area (Å²) < 4.78 is 5.98. The highest BCUT2D eigenvalue weighted by molar-refractivity contribution is 7.12. The van der Waals surface area contributed by atoms with E-state index in [1.807, 2.05) is 41.5 Å². The van der Waals surface area contributed by atoms with Crippen LogP contribution in [0.1, 0.15) is 41.4 Å². The fraction of sp³-hybridized carbons (Fsp3) is 0.400. The molecule has 1 atom stereocenters. The van der Waals surface area contributed by atoms with E-state index < -0.39 is 6.10 Å². The topological polar surface area (TPSA) is 58.6 Å². The maximum atomic E-state index is 12.8. The molecule has 1 fully saturated rings. The van der Waals surface area contributed by atoms with E-state index in [4.69, 9.17) is 4.74 Å². The van der Waals surface area contributed by atoms with Crippen LogP contribution in [0.5, 0.6) is 5.75 Å². The number of rotatable bonds is 5. The summed E-state index contributed by atoms with van der Waals surface area (Å²) in [7, 11) is 0. The predicted molar refractivity (Wildman–Crippen MR) is 102 cm³/mol. The Bertz CT molecular complexity index is 814. The fourth-order valence-electron chi connectivity index (χ4n) is 3.21. The van der Waals surface area contributed by atoms with Gasteiger partial charge in [-0.3, -0.25) is 9.59 Å². The van der Waals surface area contributed by atoms with Crippen LogP contribution in [0.2, 0.25) is 0 Å². The summed E-state index contributed by atoms with van der Waals surface area (Å²) in [5.74, 6) is 1.31. The molecule has 1 aromatic carbocycles. The van der Waals surface area contributed by atoms with Crippen LogP contribution in [0.3, 0.4) is 0 Å². The monoisotopic (exact) mass is 370 g/mol. The zero-order valence-corrected chi connectivity index (χ0v) is 15.6. The van der Waals surface area contributed by atoms with Crippen molar-refractivity contribution in [3.63, 3.8) is 0 Å². The lowest BCUT2D eigenvalue weighted by Gasteiger charge is -2.23. The van der Waals surface area contributed by atoms with E-state index in [0.29, 0.717) is 23.8 Å². The average molecular weight is 370 g/mol. The van der Waals surface area contributed by atoms with Gasteiger partial charge in [-0.25, -0.2) is 0 Å². The number of nitrogens with zero attached hydrogens (tertiary/aromatic N) is 1. The summed E-state index contributed by atoms with van der Waals surface area (Å²) in [6.45, 7) is 3.30. The van der Waals surface area contributed by atoms with Gasteiger partial charge in [0.1, 0.15) is 5.75 Å². The van der Waals surface area contributed by atoms with Gasteiger partial charge in [0.25, 0.3) is 11.8 Å². The summed E-state index contributed by atoms with van der Waals surface area (Å²) in [4.78, 5) is 27.6. The maximum Gasteiger partial charge on any atom is 0.265 e. The molecule has 26 heavy (non-hydrogen) atoms. The first-order valence-corrected chi connectivity index (χ1v) is 9.95. The van der Waals surface area contributed by atoms with Crippen LogP contribution in [0, 0.1) is 5.92 Å². The van der Waals surface area contributed by atoms with Crippen LogP contribution >= 0.6 is 11.3 Å². The number of carbonyl (C=O) groups is 2. The zero-order valence-electron chi connectivity index (χ0n) is 14.7. The third-order valence-corrected chi connectivity index (χ3v) is 5.70. The minimum atomic E-state index is -0.429. The zero-order chi connectivity index (χ0) is 18.1.